The van der Waals surface area contributed by atoms with E-state index < -0.39 is 0 Å². The van der Waals surface area contributed by atoms with Gasteiger partial charge in [0.1, 0.15) is 5.82 Å². The molecule has 2 aromatic rings. The van der Waals surface area contributed by atoms with E-state index in [-0.39, 0.29) is 12.1 Å². The van der Waals surface area contributed by atoms with Gasteiger partial charge in [-0.3, -0.25) is 14.8 Å². The summed E-state index contributed by atoms with van der Waals surface area (Å²) in [5.74, 6) is 1.42. The second-order valence-electron chi connectivity index (χ2n) is 7.41. The summed E-state index contributed by atoms with van der Waals surface area (Å²) in [5.41, 5.74) is 2.78. The van der Waals surface area contributed by atoms with Crippen LogP contribution in [-0.4, -0.2) is 41.5 Å². The van der Waals surface area contributed by atoms with Gasteiger partial charge in [-0.25, -0.2) is 0 Å². The average molecular weight is 371 g/mol. The lowest BCUT2D eigenvalue weighted by Crippen LogP contribution is -2.47. The molecule has 7 heteroatoms. The fourth-order valence-electron chi connectivity index (χ4n) is 3.34. The van der Waals surface area contributed by atoms with Crippen molar-refractivity contribution in [2.75, 3.05) is 24.2 Å². The molecule has 1 aromatic carbocycles. The molecule has 1 aliphatic heterocycles. The first-order valence-electron chi connectivity index (χ1n) is 9.58. The van der Waals surface area contributed by atoms with Crippen LogP contribution in [0.15, 0.2) is 30.3 Å². The number of rotatable bonds is 6. The maximum absolute atomic E-state index is 11.6. The van der Waals surface area contributed by atoms with Crippen LogP contribution >= 0.6 is 0 Å². The van der Waals surface area contributed by atoms with Gasteiger partial charge in [-0.15, -0.1) is 0 Å². The van der Waals surface area contributed by atoms with Gasteiger partial charge in [-0.2, -0.15) is 5.10 Å². The number of aromatic nitrogens is 2. The van der Waals surface area contributed by atoms with Gasteiger partial charge in [0.05, 0.1) is 11.9 Å². The highest BCUT2D eigenvalue weighted by molar-refractivity contribution is 5.94. The zero-order valence-electron chi connectivity index (χ0n) is 16.5. The van der Waals surface area contributed by atoms with Crippen molar-refractivity contribution in [3.05, 3.63) is 41.6 Å². The van der Waals surface area contributed by atoms with E-state index in [1.165, 1.54) is 0 Å². The minimum Gasteiger partial charge on any atom is -0.370 e. The minimum absolute atomic E-state index is 0.0708. The van der Waals surface area contributed by atoms with E-state index in [0.29, 0.717) is 17.5 Å². The molecule has 0 bridgehead atoms. The molecule has 2 heterocycles. The standard InChI is InChI=1S/C20H30N6O/c1-13(2)17-12-19(26(4)25-17)24-16-9-10-22-18(11-16)23-15-7-5-14(6-8-15)20(27)21-3/h5-8,12-13,16,18,22-24H,9-11H2,1-4H3,(H,21,27). The molecule has 2 atom stereocenters. The van der Waals surface area contributed by atoms with Gasteiger partial charge in [0.25, 0.3) is 5.91 Å². The third-order valence-corrected chi connectivity index (χ3v) is 4.96. The van der Waals surface area contributed by atoms with E-state index in [0.717, 1.165) is 36.6 Å². The lowest BCUT2D eigenvalue weighted by Gasteiger charge is -2.32. The summed E-state index contributed by atoms with van der Waals surface area (Å²) in [4.78, 5) is 11.6. The number of carbonyl (C=O) groups excluding carboxylic acids is 1. The van der Waals surface area contributed by atoms with E-state index in [4.69, 9.17) is 0 Å². The number of amides is 1. The molecule has 1 saturated heterocycles. The van der Waals surface area contributed by atoms with Crippen LogP contribution in [0.1, 0.15) is 48.7 Å². The Morgan fingerprint density at radius 1 is 1.26 bits per heavy atom. The summed E-state index contributed by atoms with van der Waals surface area (Å²) in [6.07, 6.45) is 2.20. The summed E-state index contributed by atoms with van der Waals surface area (Å²) in [7, 11) is 3.62. The minimum atomic E-state index is -0.0708. The van der Waals surface area contributed by atoms with Gasteiger partial charge in [0.2, 0.25) is 0 Å². The zero-order valence-corrected chi connectivity index (χ0v) is 16.5. The lowest BCUT2D eigenvalue weighted by atomic mass is 10.0. The largest absolute Gasteiger partial charge is 0.370 e. The van der Waals surface area contributed by atoms with Crippen LogP contribution in [0.4, 0.5) is 11.5 Å². The number of benzene rings is 1. The monoisotopic (exact) mass is 370 g/mol. The Balaban J connectivity index is 1.58. The Hall–Kier alpha value is -2.54. The zero-order chi connectivity index (χ0) is 19.4. The summed E-state index contributed by atoms with van der Waals surface area (Å²) in [6.45, 7) is 5.26. The molecular weight excluding hydrogens is 340 g/mol. The second-order valence-corrected chi connectivity index (χ2v) is 7.41. The summed E-state index contributed by atoms with van der Waals surface area (Å²) >= 11 is 0. The van der Waals surface area contributed by atoms with Crippen molar-refractivity contribution in [2.24, 2.45) is 7.05 Å². The molecule has 146 valence electrons. The number of hydrogen-bond acceptors (Lipinski definition) is 5. The predicted octanol–water partition coefficient (Wildman–Crippen LogP) is 2.51. The summed E-state index contributed by atoms with van der Waals surface area (Å²) in [6, 6.07) is 10.1. The van der Waals surface area contributed by atoms with Crippen LogP contribution in [-0.2, 0) is 7.05 Å². The van der Waals surface area contributed by atoms with Crippen molar-refractivity contribution >= 4 is 17.4 Å². The van der Waals surface area contributed by atoms with Gasteiger partial charge in [0.15, 0.2) is 0 Å². The van der Waals surface area contributed by atoms with E-state index in [1.54, 1.807) is 7.05 Å². The molecule has 7 nitrogen and oxygen atoms in total. The topological polar surface area (TPSA) is 83.0 Å². The third-order valence-electron chi connectivity index (χ3n) is 4.96. The molecule has 2 unspecified atom stereocenters. The number of nitrogens with one attached hydrogen (secondary N) is 4. The second kappa shape index (κ2) is 8.43. The van der Waals surface area contributed by atoms with Gasteiger partial charge in [-0.1, -0.05) is 13.8 Å². The predicted molar refractivity (Wildman–Crippen MR) is 109 cm³/mol. The number of carbonyl (C=O) groups is 1. The van der Waals surface area contributed by atoms with Crippen LogP contribution in [0.25, 0.3) is 0 Å². The van der Waals surface area contributed by atoms with Crippen molar-refractivity contribution in [2.45, 2.75) is 44.8 Å². The maximum Gasteiger partial charge on any atom is 0.251 e. The number of anilines is 2. The number of hydrogen-bond donors (Lipinski definition) is 4. The Labute approximate surface area is 160 Å². The van der Waals surface area contributed by atoms with Gasteiger partial charge in [0, 0.05) is 43.9 Å². The molecule has 1 aliphatic rings. The first kappa shape index (κ1) is 19.2. The summed E-state index contributed by atoms with van der Waals surface area (Å²) < 4.78 is 1.93. The highest BCUT2D eigenvalue weighted by Gasteiger charge is 2.22. The first-order valence-corrected chi connectivity index (χ1v) is 9.58. The van der Waals surface area contributed by atoms with Crippen LogP contribution in [0.5, 0.6) is 0 Å². The third kappa shape index (κ3) is 4.80. The van der Waals surface area contributed by atoms with Crippen LogP contribution < -0.4 is 21.3 Å². The molecule has 0 spiro atoms. The molecule has 4 N–H and O–H groups in total. The van der Waals surface area contributed by atoms with Crippen molar-refractivity contribution < 1.29 is 4.79 Å². The maximum atomic E-state index is 11.6. The SMILES string of the molecule is CNC(=O)c1ccc(NC2CC(Nc3cc(C(C)C)nn3C)CCN2)cc1. The Kier molecular flexibility index (Phi) is 6.01. The molecule has 0 radical (unpaired) electrons. The van der Waals surface area contributed by atoms with Gasteiger partial charge >= 0.3 is 0 Å². The van der Waals surface area contributed by atoms with Crippen molar-refractivity contribution in [1.82, 2.24) is 20.4 Å². The van der Waals surface area contributed by atoms with Crippen molar-refractivity contribution in [3.8, 4) is 0 Å². The number of aryl methyl sites for hydroxylation is 1. The molecular formula is C20H30N6O. The van der Waals surface area contributed by atoms with Crippen LogP contribution in [0.2, 0.25) is 0 Å². The van der Waals surface area contributed by atoms with Gasteiger partial charge in [-0.05, 0) is 43.1 Å². The smallest absolute Gasteiger partial charge is 0.251 e. The van der Waals surface area contributed by atoms with E-state index in [9.17, 15) is 4.79 Å². The van der Waals surface area contributed by atoms with E-state index in [1.807, 2.05) is 36.0 Å². The average Bonchev–Trinajstić information content (AvgIpc) is 3.03. The number of nitrogens with zero attached hydrogens (tertiary/aromatic N) is 2. The molecule has 0 saturated carbocycles. The Bertz CT molecular complexity index is 767. The fraction of sp³-hybridized carbons (Fsp3) is 0.500. The van der Waals surface area contributed by atoms with E-state index >= 15 is 0 Å². The molecule has 1 amide bonds. The highest BCUT2D eigenvalue weighted by Crippen LogP contribution is 2.21. The first-order chi connectivity index (χ1) is 13.0. The molecule has 1 fully saturated rings. The van der Waals surface area contributed by atoms with Crippen LogP contribution in [0.3, 0.4) is 0 Å². The molecule has 0 aliphatic carbocycles. The lowest BCUT2D eigenvalue weighted by molar-refractivity contribution is 0.0963. The Morgan fingerprint density at radius 3 is 2.63 bits per heavy atom. The molecule has 27 heavy (non-hydrogen) atoms. The highest BCUT2D eigenvalue weighted by atomic mass is 16.1. The normalized spacial score (nSPS) is 19.7. The molecule has 1 aromatic heterocycles. The van der Waals surface area contributed by atoms with Crippen LogP contribution in [0, 0.1) is 0 Å². The molecule has 3 rings (SSSR count). The Morgan fingerprint density at radius 2 is 2.00 bits per heavy atom. The van der Waals surface area contributed by atoms with Crippen molar-refractivity contribution in [1.29, 1.82) is 0 Å². The summed E-state index contributed by atoms with van der Waals surface area (Å²) in [5, 5.41) is 17.9. The van der Waals surface area contributed by atoms with Gasteiger partial charge < -0.3 is 16.0 Å². The van der Waals surface area contributed by atoms with Crippen molar-refractivity contribution in [3.63, 3.8) is 0 Å². The number of piperidine rings is 1. The van der Waals surface area contributed by atoms with E-state index in [2.05, 4.69) is 46.3 Å². The quantitative estimate of drug-likeness (QED) is 0.628. The fourth-order valence-corrected chi connectivity index (χ4v) is 3.34.